The van der Waals surface area contributed by atoms with E-state index in [4.69, 9.17) is 0 Å². The summed E-state index contributed by atoms with van der Waals surface area (Å²) in [5.41, 5.74) is 0.328. The molecule has 4 unspecified atom stereocenters. The number of non-ortho nitro benzene ring substituents is 1. The predicted octanol–water partition coefficient (Wildman–Crippen LogP) is 11.3. The number of amides is 2. The molecule has 0 aliphatic rings. The van der Waals surface area contributed by atoms with Crippen LogP contribution in [0, 0.1) is 33.8 Å². The molecule has 7 nitrogen and oxygen atoms in total. The molecule has 47 heavy (non-hydrogen) atoms. The number of rotatable bonds is 27. The molecule has 0 aromatic heterocycles. The molecule has 1 rings (SSSR count). The van der Waals surface area contributed by atoms with Gasteiger partial charge in [0.25, 0.3) is 17.5 Å². The minimum absolute atomic E-state index is 0.189. The number of unbranched alkanes of at least 4 members (excludes halogenated alkanes) is 4. The molecule has 0 saturated heterocycles. The maximum absolute atomic E-state index is 14.4. The molecule has 0 fully saturated rings. The van der Waals surface area contributed by atoms with Crippen LogP contribution in [0.2, 0.25) is 0 Å². The van der Waals surface area contributed by atoms with Gasteiger partial charge in [-0.3, -0.25) is 19.7 Å². The first-order valence-corrected chi connectivity index (χ1v) is 19.5. The first-order chi connectivity index (χ1) is 22.6. The number of carbonyl (C=O) groups is 2. The second-order valence-electron chi connectivity index (χ2n) is 14.1. The van der Waals surface area contributed by atoms with Crippen LogP contribution in [-0.4, -0.2) is 52.7 Å². The Kier molecular flexibility index (Phi) is 22.3. The molecule has 0 aliphatic heterocycles. The fourth-order valence-corrected chi connectivity index (χ4v) is 6.73. The zero-order valence-corrected chi connectivity index (χ0v) is 31.7. The van der Waals surface area contributed by atoms with Crippen LogP contribution in [-0.2, 0) is 0 Å². The van der Waals surface area contributed by atoms with E-state index in [2.05, 4.69) is 55.4 Å². The molecule has 0 saturated carbocycles. The fourth-order valence-electron chi connectivity index (χ4n) is 6.73. The minimum atomic E-state index is -0.458. The molecule has 1 aromatic carbocycles. The average Bonchev–Trinajstić information content (AvgIpc) is 3.09. The van der Waals surface area contributed by atoms with E-state index in [9.17, 15) is 19.7 Å². The van der Waals surface area contributed by atoms with Crippen LogP contribution >= 0.6 is 0 Å². The van der Waals surface area contributed by atoms with Gasteiger partial charge in [0.15, 0.2) is 0 Å². The summed E-state index contributed by atoms with van der Waals surface area (Å²) in [5, 5.41) is 12.2. The molecule has 7 heteroatoms. The smallest absolute Gasteiger partial charge is 0.271 e. The fraction of sp³-hybridized carbons (Fsp3) is 0.800. The Labute approximate surface area is 288 Å². The van der Waals surface area contributed by atoms with E-state index in [1.54, 1.807) is 6.07 Å². The summed E-state index contributed by atoms with van der Waals surface area (Å²) in [5.74, 6) is 1.12. The molecule has 0 radical (unpaired) electrons. The van der Waals surface area contributed by atoms with Gasteiger partial charge in [-0.1, -0.05) is 132 Å². The monoisotopic (exact) mass is 658 g/mol. The van der Waals surface area contributed by atoms with E-state index in [-0.39, 0.29) is 28.6 Å². The molecule has 0 bridgehead atoms. The first kappa shape index (κ1) is 42.6. The maximum Gasteiger partial charge on any atom is 0.271 e. The van der Waals surface area contributed by atoms with Crippen molar-refractivity contribution in [1.82, 2.24) is 9.80 Å². The van der Waals surface area contributed by atoms with Crippen molar-refractivity contribution in [2.24, 2.45) is 23.7 Å². The van der Waals surface area contributed by atoms with E-state index in [0.717, 1.165) is 103 Å². The Hall–Kier alpha value is -2.44. The normalized spacial score (nSPS) is 14.0. The van der Waals surface area contributed by atoms with Crippen molar-refractivity contribution < 1.29 is 14.5 Å². The van der Waals surface area contributed by atoms with Crippen LogP contribution in [0.1, 0.15) is 179 Å². The van der Waals surface area contributed by atoms with Crippen LogP contribution in [0.4, 0.5) is 5.69 Å². The van der Waals surface area contributed by atoms with Gasteiger partial charge in [-0.05, 0) is 55.4 Å². The average molecular weight is 658 g/mol. The largest absolute Gasteiger partial charge is 0.338 e. The molecule has 4 atom stereocenters. The summed E-state index contributed by atoms with van der Waals surface area (Å²) in [7, 11) is 0. The Morgan fingerprint density at radius 2 is 0.830 bits per heavy atom. The van der Waals surface area contributed by atoms with E-state index in [1.807, 2.05) is 9.80 Å². The van der Waals surface area contributed by atoms with Gasteiger partial charge in [-0.2, -0.15) is 0 Å². The summed E-state index contributed by atoms with van der Waals surface area (Å²) in [6.07, 6.45) is 17.1. The standard InChI is InChI=1S/C40H71N3O4/c1-9-17-21-32(13-5)28-41(29-33(14-6)22-18-10-2)39(44)36-25-37(27-38(26-36)43(46)47)40(45)42(30-34(15-7)23-19-11-3)31-35(16-8)24-20-12-4/h25-27,32-35H,9-24,28-31H2,1-8H3. The number of nitrogens with zero attached hydrogens (tertiary/aromatic N) is 3. The van der Waals surface area contributed by atoms with Crippen molar-refractivity contribution in [2.75, 3.05) is 26.2 Å². The van der Waals surface area contributed by atoms with Crippen molar-refractivity contribution in [2.45, 2.75) is 158 Å². The topological polar surface area (TPSA) is 83.8 Å². The molecule has 1 aromatic rings. The SMILES string of the molecule is CCCCC(CC)CN(CC(CC)CCCC)C(=O)c1cc(C(=O)N(CC(CC)CCCC)CC(CC)CCCC)cc([N+](=O)[O-])c1. The van der Waals surface area contributed by atoms with Crippen molar-refractivity contribution in [1.29, 1.82) is 0 Å². The van der Waals surface area contributed by atoms with Crippen molar-refractivity contribution in [3.05, 3.63) is 39.4 Å². The van der Waals surface area contributed by atoms with Gasteiger partial charge in [0.05, 0.1) is 4.92 Å². The maximum atomic E-state index is 14.4. The molecule has 0 heterocycles. The van der Waals surface area contributed by atoms with Gasteiger partial charge in [0.1, 0.15) is 0 Å². The molecule has 0 N–H and O–H groups in total. The summed E-state index contributed by atoms with van der Waals surface area (Å²) < 4.78 is 0. The number of hydrogen-bond acceptors (Lipinski definition) is 4. The predicted molar refractivity (Wildman–Crippen MR) is 198 cm³/mol. The summed E-state index contributed by atoms with van der Waals surface area (Å²) in [6.45, 7) is 20.1. The first-order valence-electron chi connectivity index (χ1n) is 19.5. The quantitative estimate of drug-likeness (QED) is 0.0696. The molecule has 0 spiro atoms. The lowest BCUT2D eigenvalue weighted by Crippen LogP contribution is -2.40. The van der Waals surface area contributed by atoms with Gasteiger partial charge in [0.2, 0.25) is 0 Å². The van der Waals surface area contributed by atoms with Crippen LogP contribution in [0.5, 0.6) is 0 Å². The van der Waals surface area contributed by atoms with Gasteiger partial charge in [0, 0.05) is 49.4 Å². The van der Waals surface area contributed by atoms with Crippen LogP contribution in [0.25, 0.3) is 0 Å². The highest BCUT2D eigenvalue weighted by Gasteiger charge is 2.28. The summed E-state index contributed by atoms with van der Waals surface area (Å²) >= 11 is 0. The minimum Gasteiger partial charge on any atom is -0.338 e. The molecular weight excluding hydrogens is 586 g/mol. The Balaban J connectivity index is 3.62. The van der Waals surface area contributed by atoms with E-state index >= 15 is 0 Å². The lowest BCUT2D eigenvalue weighted by molar-refractivity contribution is -0.384. The van der Waals surface area contributed by atoms with E-state index in [0.29, 0.717) is 49.9 Å². The van der Waals surface area contributed by atoms with Crippen LogP contribution in [0.3, 0.4) is 0 Å². The number of benzene rings is 1. The van der Waals surface area contributed by atoms with Gasteiger partial charge in [-0.15, -0.1) is 0 Å². The zero-order valence-electron chi connectivity index (χ0n) is 31.7. The summed E-state index contributed by atoms with van der Waals surface area (Å²) in [6, 6.07) is 4.43. The number of nitro benzene ring substituents is 1. The van der Waals surface area contributed by atoms with Gasteiger partial charge < -0.3 is 9.80 Å². The van der Waals surface area contributed by atoms with Crippen molar-refractivity contribution in [3.8, 4) is 0 Å². The van der Waals surface area contributed by atoms with Crippen molar-refractivity contribution in [3.63, 3.8) is 0 Å². The van der Waals surface area contributed by atoms with Gasteiger partial charge >= 0.3 is 0 Å². The third-order valence-electron chi connectivity index (χ3n) is 10.3. The molecular formula is C40H71N3O4. The molecule has 0 aliphatic carbocycles. The number of hydrogen-bond donors (Lipinski definition) is 0. The van der Waals surface area contributed by atoms with Crippen LogP contribution in [0.15, 0.2) is 18.2 Å². The molecule has 2 amide bonds. The third-order valence-corrected chi connectivity index (χ3v) is 10.3. The lowest BCUT2D eigenvalue weighted by atomic mass is 9.94. The van der Waals surface area contributed by atoms with E-state index in [1.165, 1.54) is 12.1 Å². The highest BCUT2D eigenvalue weighted by molar-refractivity contribution is 6.00. The Bertz CT molecular complexity index is 922. The highest BCUT2D eigenvalue weighted by atomic mass is 16.6. The second kappa shape index (κ2) is 24.7. The lowest BCUT2D eigenvalue weighted by Gasteiger charge is -2.32. The second-order valence-corrected chi connectivity index (χ2v) is 14.1. The number of carbonyl (C=O) groups excluding carboxylic acids is 2. The Morgan fingerprint density at radius 3 is 1.04 bits per heavy atom. The van der Waals surface area contributed by atoms with Gasteiger partial charge in [-0.25, -0.2) is 0 Å². The number of nitro groups is 1. The highest BCUT2D eigenvalue weighted by Crippen LogP contribution is 2.26. The molecule has 270 valence electrons. The third kappa shape index (κ3) is 15.5. The Morgan fingerprint density at radius 1 is 0.553 bits per heavy atom. The summed E-state index contributed by atoms with van der Waals surface area (Å²) in [4.78, 5) is 44.4. The van der Waals surface area contributed by atoms with Crippen LogP contribution < -0.4 is 0 Å². The van der Waals surface area contributed by atoms with Crippen molar-refractivity contribution >= 4 is 17.5 Å². The zero-order chi connectivity index (χ0) is 35.2. The van der Waals surface area contributed by atoms with E-state index < -0.39 is 4.92 Å².